The smallest absolute Gasteiger partial charge is 0.328 e. The number of nitrogens with two attached hydrogens (primary N) is 1. The topological polar surface area (TPSA) is 358 Å². The van der Waals surface area contributed by atoms with E-state index in [1.807, 2.05) is 0 Å². The second kappa shape index (κ2) is 35.7. The second-order valence-electron chi connectivity index (χ2n) is 14.1. The van der Waals surface area contributed by atoms with Crippen molar-refractivity contribution in [3.63, 3.8) is 0 Å². The Labute approximate surface area is 382 Å². The summed E-state index contributed by atoms with van der Waals surface area (Å²) in [6, 6.07) is -5.86. The summed E-state index contributed by atoms with van der Waals surface area (Å²) in [5.41, 5.74) is 5.54. The summed E-state index contributed by atoms with van der Waals surface area (Å²) in [4.78, 5) is 143. The predicted octanol–water partition coefficient (Wildman–Crippen LogP) is -3.28. The molecule has 8 N–H and O–H groups in total. The zero-order valence-electron chi connectivity index (χ0n) is 38.4. The molecule has 0 aromatic rings. The molecule has 0 saturated heterocycles. The number of ketones is 2. The fourth-order valence-corrected chi connectivity index (χ4v) is 4.83. The Hall–Kier alpha value is -6.60. The van der Waals surface area contributed by atoms with E-state index in [-0.39, 0.29) is 76.5 Å². The van der Waals surface area contributed by atoms with Crippen LogP contribution in [0.25, 0.3) is 0 Å². The number of hydrogen-bond donors (Lipinski definition) is 7. The maximum absolute atomic E-state index is 12.6. The summed E-state index contributed by atoms with van der Waals surface area (Å²) in [5, 5.41) is 14.2. The van der Waals surface area contributed by atoms with E-state index in [0.29, 0.717) is 0 Å². The summed E-state index contributed by atoms with van der Waals surface area (Å²) < 4.78 is 28.7. The minimum atomic E-state index is -1.22. The van der Waals surface area contributed by atoms with Crippen molar-refractivity contribution in [2.24, 2.45) is 11.7 Å². The van der Waals surface area contributed by atoms with Crippen molar-refractivity contribution in [2.75, 3.05) is 68.0 Å². The third kappa shape index (κ3) is 29.0. The molecule has 0 heterocycles. The normalized spacial score (nSPS) is 13.0. The van der Waals surface area contributed by atoms with Gasteiger partial charge in [-0.2, -0.15) is 0 Å². The molecule has 0 aromatic carbocycles. The Morgan fingerprint density at radius 1 is 0.545 bits per heavy atom. The van der Waals surface area contributed by atoms with Crippen LogP contribution in [-0.4, -0.2) is 169 Å². The minimum Gasteiger partial charge on any atom is -0.469 e. The average molecular weight is 944 g/mol. The van der Waals surface area contributed by atoms with Crippen LogP contribution in [0.3, 0.4) is 0 Å². The predicted molar refractivity (Wildman–Crippen MR) is 230 cm³/mol. The van der Waals surface area contributed by atoms with Crippen molar-refractivity contribution in [3.8, 4) is 0 Å². The van der Waals surface area contributed by atoms with E-state index in [4.69, 9.17) is 24.7 Å². The van der Waals surface area contributed by atoms with E-state index in [1.165, 1.54) is 54.3 Å². The van der Waals surface area contributed by atoms with Crippen LogP contribution >= 0.6 is 0 Å². The zero-order valence-corrected chi connectivity index (χ0v) is 38.4. The average Bonchev–Trinajstić information content (AvgIpc) is 3.27. The maximum Gasteiger partial charge on any atom is 0.328 e. The first kappa shape index (κ1) is 61.5. The van der Waals surface area contributed by atoms with Gasteiger partial charge in [-0.05, 0) is 26.7 Å². The highest BCUT2D eigenvalue weighted by Crippen LogP contribution is 2.06. The number of carbonyl (C=O) groups is 12. The van der Waals surface area contributed by atoms with Crippen LogP contribution in [0.1, 0.15) is 59.3 Å². The summed E-state index contributed by atoms with van der Waals surface area (Å²) in [6.45, 7) is 9.46. The highest BCUT2D eigenvalue weighted by Gasteiger charge is 2.30. The molecule has 6 unspecified atom stereocenters. The third-order valence-electron chi connectivity index (χ3n) is 8.37. The molecule has 25 nitrogen and oxygen atoms in total. The fourth-order valence-electron chi connectivity index (χ4n) is 4.83. The van der Waals surface area contributed by atoms with Gasteiger partial charge in [0, 0.05) is 33.0 Å². The molecule has 0 aliphatic heterocycles. The molecule has 0 aliphatic carbocycles. The number of amides is 6. The van der Waals surface area contributed by atoms with E-state index in [9.17, 15) is 57.5 Å². The molecule has 66 heavy (non-hydrogen) atoms. The zero-order chi connectivity index (χ0) is 50.8. The molecule has 6 atom stereocenters. The van der Waals surface area contributed by atoms with Crippen LogP contribution in [-0.2, 0) is 86.0 Å². The van der Waals surface area contributed by atoms with Gasteiger partial charge in [-0.25, -0.2) is 9.59 Å². The number of hydrogen-bond acceptors (Lipinski definition) is 19. The number of ether oxygens (including phenoxy) is 6. The quantitative estimate of drug-likeness (QED) is 0.0198. The molecular weight excluding hydrogens is 878 g/mol. The van der Waals surface area contributed by atoms with Crippen LogP contribution < -0.4 is 37.6 Å². The number of rotatable bonds is 32. The van der Waals surface area contributed by atoms with Crippen LogP contribution in [0.4, 0.5) is 0 Å². The molecule has 0 spiro atoms. The van der Waals surface area contributed by atoms with Crippen molar-refractivity contribution < 1.29 is 86.0 Å². The lowest BCUT2D eigenvalue weighted by Gasteiger charge is -2.22. The molecule has 25 heteroatoms. The van der Waals surface area contributed by atoms with Gasteiger partial charge in [0.05, 0.1) is 59.4 Å². The number of Topliss-reactive ketones (excluding diaryl/α,β-unsaturated/α-hetero) is 2. The first-order chi connectivity index (χ1) is 31.1. The van der Waals surface area contributed by atoms with E-state index in [1.54, 1.807) is 0 Å². The van der Waals surface area contributed by atoms with Crippen molar-refractivity contribution in [2.45, 2.75) is 89.5 Å². The van der Waals surface area contributed by atoms with Gasteiger partial charge in [-0.15, -0.1) is 0 Å². The van der Waals surface area contributed by atoms with Gasteiger partial charge in [0.1, 0.15) is 48.9 Å². The Morgan fingerprint density at radius 2 is 0.924 bits per heavy atom. The Bertz CT molecular complexity index is 1570. The van der Waals surface area contributed by atoms with E-state index in [0.717, 1.165) is 7.11 Å². The fraction of sp³-hybridized carbons (Fsp3) is 0.610. The van der Waals surface area contributed by atoms with Gasteiger partial charge in [0.2, 0.25) is 35.4 Å². The van der Waals surface area contributed by atoms with E-state index in [2.05, 4.69) is 54.5 Å². The Kier molecular flexibility index (Phi) is 33.3. The summed E-state index contributed by atoms with van der Waals surface area (Å²) in [6.07, 6.45) is 2.25. The largest absolute Gasteiger partial charge is 0.469 e. The van der Waals surface area contributed by atoms with E-state index < -0.39 is 109 Å². The van der Waals surface area contributed by atoms with Gasteiger partial charge in [-0.1, -0.05) is 32.2 Å². The van der Waals surface area contributed by atoms with Crippen LogP contribution in [0.5, 0.6) is 0 Å². The molecule has 372 valence electrons. The lowest BCUT2D eigenvalue weighted by molar-refractivity contribution is -0.148. The summed E-state index contributed by atoms with van der Waals surface area (Å²) in [7, 11) is 4.95. The Balaban J connectivity index is 0. The van der Waals surface area contributed by atoms with Crippen molar-refractivity contribution >= 4 is 70.9 Å². The van der Waals surface area contributed by atoms with Gasteiger partial charge in [0.25, 0.3) is 0 Å². The summed E-state index contributed by atoms with van der Waals surface area (Å²) >= 11 is 0. The van der Waals surface area contributed by atoms with Gasteiger partial charge < -0.3 is 75.6 Å². The molecular formula is C41H65N7O18. The van der Waals surface area contributed by atoms with Gasteiger partial charge in [0.15, 0.2) is 0 Å². The summed E-state index contributed by atoms with van der Waals surface area (Å²) in [5.74, 6) is -8.10. The molecule has 0 radical (unpaired) electrons. The van der Waals surface area contributed by atoms with Gasteiger partial charge >= 0.3 is 23.9 Å². The molecule has 6 amide bonds. The lowest BCUT2D eigenvalue weighted by atomic mass is 10.1. The van der Waals surface area contributed by atoms with E-state index >= 15 is 0 Å². The van der Waals surface area contributed by atoms with Crippen molar-refractivity contribution in [1.29, 1.82) is 0 Å². The monoisotopic (exact) mass is 943 g/mol. The maximum atomic E-state index is 12.6. The molecule has 0 fully saturated rings. The number of carbonyl (C=O) groups excluding carboxylic acids is 12. The lowest BCUT2D eigenvalue weighted by Crippen LogP contribution is -2.55. The Morgan fingerprint density at radius 3 is 1.27 bits per heavy atom. The van der Waals surface area contributed by atoms with Crippen LogP contribution in [0, 0.1) is 5.92 Å². The highest BCUT2D eigenvalue weighted by atomic mass is 16.5. The number of methoxy groups -OCH3 is 4. The first-order valence-corrected chi connectivity index (χ1v) is 20.3. The minimum absolute atomic E-state index is 0.00115. The molecule has 0 aliphatic rings. The molecule has 0 rings (SSSR count). The van der Waals surface area contributed by atoms with Crippen LogP contribution in [0.2, 0.25) is 0 Å². The SMILES string of the molecule is C=CCOC(=O)C(CCC(C)=O)NC(=O)C(COC)NC(=O)CNC(=O)C(C)CC(=O)OC.C=CCOC(=O)C(CCC(C)=O)NC(=O)C(COC)NC(=O)CNC(=O)C(N)CC(=O)OC. The molecule has 0 aromatic heterocycles. The van der Waals surface area contributed by atoms with Crippen molar-refractivity contribution in [3.05, 3.63) is 25.3 Å². The van der Waals surface area contributed by atoms with Crippen molar-refractivity contribution in [1.82, 2.24) is 31.9 Å². The standard InChI is InChI=1S/C21H33N3O9.C20H32N4O9/c1-6-9-33-21(30)15(8-7-14(3)25)24-20(29)16(12-31-4)23-17(26)11-22-19(28)13(2)10-18(27)32-5;1-5-8-33-20(30)14(7-6-12(2)25)24-19(29)15(11-31-3)23-16(26)10-22-18(28)13(21)9-17(27)32-4/h6,13,15-16H,1,7-12H2,2-5H3,(H,22,28)(H,23,26)(H,24,29);5,13-15H,1,6-11,21H2,2-4H3,(H,22,28)(H,23,26)(H,24,29). The molecule has 0 saturated carbocycles. The second-order valence-corrected chi connectivity index (χ2v) is 14.1. The van der Waals surface area contributed by atoms with Gasteiger partial charge in [-0.3, -0.25) is 38.4 Å². The third-order valence-corrected chi connectivity index (χ3v) is 8.37. The van der Waals surface area contributed by atoms with Crippen LogP contribution in [0.15, 0.2) is 25.3 Å². The number of nitrogens with one attached hydrogen (secondary N) is 6. The highest BCUT2D eigenvalue weighted by molar-refractivity contribution is 5.94. The first-order valence-electron chi connectivity index (χ1n) is 20.3. The number of esters is 4. The molecule has 0 bridgehead atoms.